The highest BCUT2D eigenvalue weighted by molar-refractivity contribution is 5.98. The third-order valence-corrected chi connectivity index (χ3v) is 3.50. The molecule has 2 rings (SSSR count). The molecule has 0 saturated heterocycles. The van der Waals surface area contributed by atoms with Crippen molar-refractivity contribution in [1.82, 2.24) is 9.88 Å². The number of likely N-dealkylation sites (N-methyl/N-ethyl adjacent to an activating group) is 1. The van der Waals surface area contributed by atoms with Gasteiger partial charge in [-0.15, -0.1) is 0 Å². The Kier molecular flexibility index (Phi) is 3.52. The molecule has 3 N–H and O–H groups in total. The van der Waals surface area contributed by atoms with Gasteiger partial charge in [-0.3, -0.25) is 9.78 Å². The quantitative estimate of drug-likeness (QED) is 0.839. The maximum absolute atomic E-state index is 12.2. The number of carbonyl (C=O) groups excluding carboxylic acids is 1. The second-order valence-electron chi connectivity index (χ2n) is 5.06. The van der Waals surface area contributed by atoms with E-state index >= 15 is 0 Å². The van der Waals surface area contributed by atoms with Crippen molar-refractivity contribution in [3.8, 4) is 0 Å². The molecule has 98 valence electrons. The number of nitrogens with two attached hydrogens (primary N) is 1. The highest BCUT2D eigenvalue weighted by atomic mass is 16.3. The zero-order valence-electron chi connectivity index (χ0n) is 10.6. The molecular weight excluding hydrogens is 230 g/mol. The van der Waals surface area contributed by atoms with Crippen LogP contribution in [0.3, 0.4) is 0 Å². The van der Waals surface area contributed by atoms with Crippen molar-refractivity contribution < 1.29 is 9.90 Å². The second kappa shape index (κ2) is 4.94. The Balaban J connectivity index is 2.07. The molecule has 5 nitrogen and oxygen atoms in total. The summed E-state index contributed by atoms with van der Waals surface area (Å²) >= 11 is 0. The fourth-order valence-electron chi connectivity index (χ4n) is 2.49. The summed E-state index contributed by atoms with van der Waals surface area (Å²) < 4.78 is 0. The smallest absolute Gasteiger partial charge is 0.257 e. The SMILES string of the molecule is CN(CC1(O)CCCC1)C(=O)c1cnccc1N. The van der Waals surface area contributed by atoms with Gasteiger partial charge in [-0.2, -0.15) is 0 Å². The lowest BCUT2D eigenvalue weighted by molar-refractivity contribution is 0.0157. The monoisotopic (exact) mass is 249 g/mol. The lowest BCUT2D eigenvalue weighted by Crippen LogP contribution is -2.42. The molecule has 1 aromatic rings. The number of hydrogen-bond donors (Lipinski definition) is 2. The fourth-order valence-corrected chi connectivity index (χ4v) is 2.49. The molecule has 1 aliphatic rings. The van der Waals surface area contributed by atoms with Crippen LogP contribution in [0, 0.1) is 0 Å². The van der Waals surface area contributed by atoms with Crippen LogP contribution < -0.4 is 5.73 Å². The van der Waals surface area contributed by atoms with Crippen molar-refractivity contribution in [1.29, 1.82) is 0 Å². The molecule has 0 aromatic carbocycles. The highest BCUT2D eigenvalue weighted by Gasteiger charge is 2.33. The number of anilines is 1. The zero-order chi connectivity index (χ0) is 13.2. The molecule has 1 saturated carbocycles. The lowest BCUT2D eigenvalue weighted by atomic mass is 10.0. The number of rotatable bonds is 3. The summed E-state index contributed by atoms with van der Waals surface area (Å²) in [5.41, 5.74) is 5.82. The Morgan fingerprint density at radius 2 is 2.22 bits per heavy atom. The summed E-state index contributed by atoms with van der Waals surface area (Å²) in [6.45, 7) is 0.347. The summed E-state index contributed by atoms with van der Waals surface area (Å²) in [6, 6.07) is 1.60. The first-order valence-corrected chi connectivity index (χ1v) is 6.19. The molecule has 0 aliphatic heterocycles. The zero-order valence-corrected chi connectivity index (χ0v) is 10.6. The first-order valence-electron chi connectivity index (χ1n) is 6.19. The number of hydrogen-bond acceptors (Lipinski definition) is 4. The average molecular weight is 249 g/mol. The molecule has 0 bridgehead atoms. The van der Waals surface area contributed by atoms with Gasteiger partial charge in [0.25, 0.3) is 5.91 Å². The topological polar surface area (TPSA) is 79.5 Å². The molecule has 18 heavy (non-hydrogen) atoms. The molecule has 0 radical (unpaired) electrons. The number of pyridine rings is 1. The molecule has 0 spiro atoms. The van der Waals surface area contributed by atoms with Crippen molar-refractivity contribution in [2.24, 2.45) is 0 Å². The minimum absolute atomic E-state index is 0.194. The van der Waals surface area contributed by atoms with E-state index in [-0.39, 0.29) is 5.91 Å². The Bertz CT molecular complexity index is 442. The number of nitrogens with zero attached hydrogens (tertiary/aromatic N) is 2. The van der Waals surface area contributed by atoms with Crippen LogP contribution in [0.2, 0.25) is 0 Å². The van der Waals surface area contributed by atoms with E-state index in [4.69, 9.17) is 5.73 Å². The van der Waals surface area contributed by atoms with Gasteiger partial charge in [0.05, 0.1) is 11.2 Å². The van der Waals surface area contributed by atoms with Gasteiger partial charge in [-0.25, -0.2) is 0 Å². The third kappa shape index (κ3) is 2.61. The Morgan fingerprint density at radius 3 is 2.83 bits per heavy atom. The van der Waals surface area contributed by atoms with E-state index < -0.39 is 5.60 Å². The lowest BCUT2D eigenvalue weighted by Gasteiger charge is -2.28. The number of aromatic nitrogens is 1. The first kappa shape index (κ1) is 12.8. The van der Waals surface area contributed by atoms with Gasteiger partial charge in [0.2, 0.25) is 0 Å². The average Bonchev–Trinajstić information content (AvgIpc) is 2.75. The van der Waals surface area contributed by atoms with Crippen LogP contribution in [0.15, 0.2) is 18.5 Å². The molecule has 1 aliphatic carbocycles. The van der Waals surface area contributed by atoms with Crippen LogP contribution in [0.1, 0.15) is 36.0 Å². The molecule has 1 amide bonds. The van der Waals surface area contributed by atoms with E-state index in [2.05, 4.69) is 4.98 Å². The maximum atomic E-state index is 12.2. The maximum Gasteiger partial charge on any atom is 0.257 e. The van der Waals surface area contributed by atoms with E-state index in [0.717, 1.165) is 25.7 Å². The van der Waals surface area contributed by atoms with E-state index in [9.17, 15) is 9.90 Å². The van der Waals surface area contributed by atoms with Gasteiger partial charge in [0, 0.05) is 31.7 Å². The van der Waals surface area contributed by atoms with E-state index in [1.54, 1.807) is 19.3 Å². The third-order valence-electron chi connectivity index (χ3n) is 3.50. The van der Waals surface area contributed by atoms with Crippen molar-refractivity contribution in [2.45, 2.75) is 31.3 Å². The predicted molar refractivity (Wildman–Crippen MR) is 69.0 cm³/mol. The Morgan fingerprint density at radius 1 is 1.56 bits per heavy atom. The number of nitrogen functional groups attached to an aromatic ring is 1. The fraction of sp³-hybridized carbons (Fsp3) is 0.538. The van der Waals surface area contributed by atoms with Crippen LogP contribution in [0.4, 0.5) is 5.69 Å². The molecule has 0 atom stereocenters. The standard InChI is InChI=1S/C13H19N3O2/c1-16(9-13(18)5-2-3-6-13)12(17)10-8-15-7-4-11(10)14/h4,7-8,18H,2-3,5-6,9H2,1H3,(H2,14,15). The molecule has 1 heterocycles. The summed E-state index contributed by atoms with van der Waals surface area (Å²) in [4.78, 5) is 17.6. The first-order chi connectivity index (χ1) is 8.52. The summed E-state index contributed by atoms with van der Waals surface area (Å²) in [5.74, 6) is -0.194. The molecular formula is C13H19N3O2. The van der Waals surface area contributed by atoms with Crippen LogP contribution >= 0.6 is 0 Å². The van der Waals surface area contributed by atoms with Crippen LogP contribution in [0.5, 0.6) is 0 Å². The van der Waals surface area contributed by atoms with Crippen LogP contribution in [-0.4, -0.2) is 40.1 Å². The summed E-state index contributed by atoms with van der Waals surface area (Å²) in [7, 11) is 1.69. The van der Waals surface area contributed by atoms with Gasteiger partial charge in [0.1, 0.15) is 0 Å². The van der Waals surface area contributed by atoms with Crippen LogP contribution in [-0.2, 0) is 0 Å². The number of aliphatic hydroxyl groups is 1. The predicted octanol–water partition coefficient (Wildman–Crippen LogP) is 1.04. The molecule has 1 aromatic heterocycles. The van der Waals surface area contributed by atoms with Crippen molar-refractivity contribution in [2.75, 3.05) is 19.3 Å². The van der Waals surface area contributed by atoms with Gasteiger partial charge in [0.15, 0.2) is 0 Å². The van der Waals surface area contributed by atoms with Gasteiger partial charge < -0.3 is 15.7 Å². The Labute approximate surface area is 107 Å². The van der Waals surface area contributed by atoms with E-state index in [1.807, 2.05) is 0 Å². The number of carbonyl (C=O) groups is 1. The minimum atomic E-state index is -0.735. The Hall–Kier alpha value is -1.62. The van der Waals surface area contributed by atoms with E-state index in [0.29, 0.717) is 17.8 Å². The number of amides is 1. The highest BCUT2D eigenvalue weighted by Crippen LogP contribution is 2.30. The second-order valence-corrected chi connectivity index (χ2v) is 5.06. The van der Waals surface area contributed by atoms with Gasteiger partial charge in [-0.1, -0.05) is 12.8 Å². The molecule has 0 unspecified atom stereocenters. The van der Waals surface area contributed by atoms with E-state index in [1.165, 1.54) is 11.1 Å². The van der Waals surface area contributed by atoms with Crippen LogP contribution in [0.25, 0.3) is 0 Å². The minimum Gasteiger partial charge on any atom is -0.398 e. The van der Waals surface area contributed by atoms with Gasteiger partial charge >= 0.3 is 0 Å². The van der Waals surface area contributed by atoms with Crippen molar-refractivity contribution in [3.63, 3.8) is 0 Å². The normalized spacial score (nSPS) is 17.7. The molecule has 1 fully saturated rings. The summed E-state index contributed by atoms with van der Waals surface area (Å²) in [5, 5.41) is 10.3. The van der Waals surface area contributed by atoms with Crippen molar-refractivity contribution >= 4 is 11.6 Å². The largest absolute Gasteiger partial charge is 0.398 e. The summed E-state index contributed by atoms with van der Waals surface area (Å²) in [6.07, 6.45) is 6.57. The molecule has 5 heteroatoms. The van der Waals surface area contributed by atoms with Gasteiger partial charge in [-0.05, 0) is 18.9 Å². The van der Waals surface area contributed by atoms with Crippen molar-refractivity contribution in [3.05, 3.63) is 24.0 Å².